The molecule has 5 heteroatoms. The summed E-state index contributed by atoms with van der Waals surface area (Å²) < 4.78 is 5.48. The van der Waals surface area contributed by atoms with Crippen LogP contribution >= 0.6 is 0 Å². The molecule has 1 heterocycles. The van der Waals surface area contributed by atoms with Crippen molar-refractivity contribution in [3.8, 4) is 16.9 Å². The Morgan fingerprint density at radius 2 is 1.62 bits per heavy atom. The Hall–Kier alpha value is -3.21. The second-order valence-electron chi connectivity index (χ2n) is 7.12. The molecule has 3 rings (SSSR count). The molecule has 0 radical (unpaired) electrons. The van der Waals surface area contributed by atoms with Gasteiger partial charge in [-0.1, -0.05) is 36.8 Å². The summed E-state index contributed by atoms with van der Waals surface area (Å²) in [5.41, 5.74) is 2.50. The van der Waals surface area contributed by atoms with Gasteiger partial charge < -0.3 is 9.84 Å². The molecule has 1 N–H and O–H groups in total. The summed E-state index contributed by atoms with van der Waals surface area (Å²) in [6.07, 6.45) is 8.25. The van der Waals surface area contributed by atoms with Gasteiger partial charge in [0.1, 0.15) is 11.6 Å². The molecule has 0 saturated heterocycles. The predicted molar refractivity (Wildman–Crippen MR) is 113 cm³/mol. The van der Waals surface area contributed by atoms with Gasteiger partial charge in [-0.2, -0.15) is 0 Å². The van der Waals surface area contributed by atoms with Crippen LogP contribution in [0.3, 0.4) is 0 Å². The summed E-state index contributed by atoms with van der Waals surface area (Å²) >= 11 is 0. The molecule has 1 atom stereocenters. The number of aromatic nitrogens is 2. The number of nitrogens with zero attached hydrogens (tertiary/aromatic N) is 2. The Bertz CT molecular complexity index is 894. The summed E-state index contributed by atoms with van der Waals surface area (Å²) in [5, 5.41) is 9.36. The molecular formula is C24H26N2O3. The SMILES string of the molecule is CC(CCCCCc1ncc(-c2ccc(O)cc2)cn1)OC(=O)c1ccccc1. The molecule has 0 amide bonds. The standard InChI is InChI=1S/C24H26N2O3/c1-18(29-24(28)20-9-5-3-6-10-20)8-4-2-7-11-23-25-16-21(17-26-23)19-12-14-22(27)15-13-19/h3,5-6,9-10,12-18,27H,2,4,7-8,11H2,1H3. The molecule has 1 aromatic heterocycles. The highest BCUT2D eigenvalue weighted by molar-refractivity contribution is 5.89. The molecule has 5 nitrogen and oxygen atoms in total. The molecule has 0 saturated carbocycles. The lowest BCUT2D eigenvalue weighted by molar-refractivity contribution is 0.0319. The molecule has 0 aliphatic carbocycles. The van der Waals surface area contributed by atoms with E-state index in [4.69, 9.17) is 4.74 Å². The van der Waals surface area contributed by atoms with E-state index >= 15 is 0 Å². The fourth-order valence-electron chi connectivity index (χ4n) is 3.06. The first-order chi connectivity index (χ1) is 14.1. The zero-order chi connectivity index (χ0) is 20.5. The van der Waals surface area contributed by atoms with Crippen LogP contribution in [0.25, 0.3) is 11.1 Å². The van der Waals surface area contributed by atoms with E-state index in [0.717, 1.165) is 49.1 Å². The lowest BCUT2D eigenvalue weighted by Crippen LogP contribution is -2.14. The van der Waals surface area contributed by atoms with Crippen LogP contribution in [0.15, 0.2) is 67.0 Å². The van der Waals surface area contributed by atoms with Gasteiger partial charge in [0.2, 0.25) is 0 Å². The topological polar surface area (TPSA) is 72.3 Å². The summed E-state index contributed by atoms with van der Waals surface area (Å²) in [6.45, 7) is 1.94. The summed E-state index contributed by atoms with van der Waals surface area (Å²) in [4.78, 5) is 20.9. The van der Waals surface area contributed by atoms with E-state index in [0.29, 0.717) is 5.56 Å². The number of ether oxygens (including phenoxy) is 1. The van der Waals surface area contributed by atoms with E-state index in [1.165, 1.54) is 0 Å². The number of rotatable bonds is 9. The van der Waals surface area contributed by atoms with Crippen molar-refractivity contribution in [2.24, 2.45) is 0 Å². The Morgan fingerprint density at radius 3 is 2.31 bits per heavy atom. The highest BCUT2D eigenvalue weighted by Crippen LogP contribution is 2.20. The van der Waals surface area contributed by atoms with Crippen LogP contribution in [0.5, 0.6) is 5.75 Å². The quantitative estimate of drug-likeness (QED) is 0.402. The first-order valence-electron chi connectivity index (χ1n) is 9.98. The van der Waals surface area contributed by atoms with Crippen molar-refractivity contribution < 1.29 is 14.6 Å². The van der Waals surface area contributed by atoms with Crippen LogP contribution < -0.4 is 0 Å². The highest BCUT2D eigenvalue weighted by atomic mass is 16.5. The maximum atomic E-state index is 12.0. The van der Waals surface area contributed by atoms with Crippen molar-refractivity contribution in [1.29, 1.82) is 0 Å². The van der Waals surface area contributed by atoms with Crippen LogP contribution in [-0.4, -0.2) is 27.1 Å². The number of hydrogen-bond acceptors (Lipinski definition) is 5. The first-order valence-corrected chi connectivity index (χ1v) is 9.98. The molecule has 0 spiro atoms. The monoisotopic (exact) mass is 390 g/mol. The van der Waals surface area contributed by atoms with Crippen LogP contribution in [0.1, 0.15) is 48.8 Å². The lowest BCUT2D eigenvalue weighted by atomic mass is 10.1. The van der Waals surface area contributed by atoms with Gasteiger partial charge in [0.25, 0.3) is 0 Å². The largest absolute Gasteiger partial charge is 0.508 e. The lowest BCUT2D eigenvalue weighted by Gasteiger charge is -2.13. The van der Waals surface area contributed by atoms with Gasteiger partial charge in [0.05, 0.1) is 11.7 Å². The van der Waals surface area contributed by atoms with E-state index in [9.17, 15) is 9.90 Å². The minimum atomic E-state index is -0.264. The number of phenols is 1. The van der Waals surface area contributed by atoms with Crippen LogP contribution in [0.2, 0.25) is 0 Å². The molecule has 150 valence electrons. The van der Waals surface area contributed by atoms with Crippen LogP contribution in [0.4, 0.5) is 0 Å². The third-order valence-electron chi connectivity index (χ3n) is 4.73. The zero-order valence-electron chi connectivity index (χ0n) is 16.6. The van der Waals surface area contributed by atoms with Gasteiger partial charge in [0.15, 0.2) is 0 Å². The van der Waals surface area contributed by atoms with Crippen molar-refractivity contribution in [3.05, 3.63) is 78.4 Å². The third-order valence-corrected chi connectivity index (χ3v) is 4.73. The molecule has 0 aliphatic heterocycles. The molecular weight excluding hydrogens is 364 g/mol. The first kappa shape index (κ1) is 20.5. The van der Waals surface area contributed by atoms with Gasteiger partial charge in [-0.3, -0.25) is 0 Å². The molecule has 29 heavy (non-hydrogen) atoms. The van der Waals surface area contributed by atoms with E-state index in [2.05, 4.69) is 9.97 Å². The third kappa shape index (κ3) is 6.42. The maximum absolute atomic E-state index is 12.0. The number of esters is 1. The highest BCUT2D eigenvalue weighted by Gasteiger charge is 2.11. The molecule has 3 aromatic rings. The van der Waals surface area contributed by atoms with Gasteiger partial charge in [-0.15, -0.1) is 0 Å². The Morgan fingerprint density at radius 1 is 0.931 bits per heavy atom. The van der Waals surface area contributed by atoms with Crippen LogP contribution in [0, 0.1) is 0 Å². The minimum Gasteiger partial charge on any atom is -0.508 e. The van der Waals surface area contributed by atoms with Gasteiger partial charge in [-0.05, 0) is 56.0 Å². The van der Waals surface area contributed by atoms with Gasteiger partial charge in [0, 0.05) is 24.4 Å². The number of hydrogen-bond donors (Lipinski definition) is 1. The van der Waals surface area contributed by atoms with Crippen molar-refractivity contribution in [3.63, 3.8) is 0 Å². The normalized spacial score (nSPS) is 11.8. The number of carbonyl (C=O) groups is 1. The van der Waals surface area contributed by atoms with Crippen LogP contribution in [-0.2, 0) is 11.2 Å². The maximum Gasteiger partial charge on any atom is 0.338 e. The Kier molecular flexibility index (Phi) is 7.34. The number of benzene rings is 2. The molecule has 0 fully saturated rings. The number of aromatic hydroxyl groups is 1. The molecule has 0 bridgehead atoms. The van der Waals surface area contributed by atoms with Crippen molar-refractivity contribution in [2.45, 2.75) is 45.1 Å². The fourth-order valence-corrected chi connectivity index (χ4v) is 3.06. The number of aryl methyl sites for hydroxylation is 1. The molecule has 2 aromatic carbocycles. The van der Waals surface area contributed by atoms with E-state index < -0.39 is 0 Å². The number of unbranched alkanes of at least 4 members (excludes halogenated alkanes) is 2. The summed E-state index contributed by atoms with van der Waals surface area (Å²) in [7, 11) is 0. The fraction of sp³-hybridized carbons (Fsp3) is 0.292. The summed E-state index contributed by atoms with van der Waals surface area (Å²) in [5.74, 6) is 0.812. The van der Waals surface area contributed by atoms with Crippen molar-refractivity contribution >= 4 is 5.97 Å². The zero-order valence-corrected chi connectivity index (χ0v) is 16.6. The average molecular weight is 390 g/mol. The molecule has 0 aliphatic rings. The summed E-state index contributed by atoms with van der Waals surface area (Å²) in [6, 6.07) is 16.1. The van der Waals surface area contributed by atoms with E-state index in [1.54, 1.807) is 24.3 Å². The van der Waals surface area contributed by atoms with E-state index in [1.807, 2.05) is 49.6 Å². The Labute approximate surface area is 171 Å². The second kappa shape index (κ2) is 10.4. The Balaban J connectivity index is 1.35. The van der Waals surface area contributed by atoms with Gasteiger partial charge >= 0.3 is 5.97 Å². The van der Waals surface area contributed by atoms with Crippen molar-refractivity contribution in [1.82, 2.24) is 9.97 Å². The van der Waals surface area contributed by atoms with E-state index in [-0.39, 0.29) is 17.8 Å². The second-order valence-corrected chi connectivity index (χ2v) is 7.12. The van der Waals surface area contributed by atoms with Crippen molar-refractivity contribution in [2.75, 3.05) is 0 Å². The number of phenolic OH excluding ortho intramolecular Hbond substituents is 1. The number of carbonyl (C=O) groups excluding carboxylic acids is 1. The minimum absolute atomic E-state index is 0.0939. The van der Waals surface area contributed by atoms with Gasteiger partial charge in [-0.25, -0.2) is 14.8 Å². The average Bonchev–Trinajstić information content (AvgIpc) is 2.75. The molecule has 1 unspecified atom stereocenters. The predicted octanol–water partition coefficient (Wildman–Crippen LogP) is 5.20. The smallest absolute Gasteiger partial charge is 0.338 e.